The second kappa shape index (κ2) is 9.11. The third kappa shape index (κ3) is 5.07. The van der Waals surface area contributed by atoms with Crippen molar-refractivity contribution in [2.75, 3.05) is 26.2 Å². The van der Waals surface area contributed by atoms with Crippen LogP contribution in [0.5, 0.6) is 0 Å². The van der Waals surface area contributed by atoms with Crippen LogP contribution in [0, 0.1) is 19.7 Å². The highest BCUT2D eigenvalue weighted by Gasteiger charge is 2.27. The van der Waals surface area contributed by atoms with Crippen LogP contribution < -0.4 is 5.32 Å². The molecule has 2 aromatic rings. The van der Waals surface area contributed by atoms with Gasteiger partial charge in [0.05, 0.1) is 24.7 Å². The fraction of sp³-hybridized carbons (Fsp3) is 0.333. The van der Waals surface area contributed by atoms with E-state index < -0.39 is 11.9 Å². The van der Waals surface area contributed by atoms with Crippen molar-refractivity contribution in [1.82, 2.24) is 10.2 Å². The fourth-order valence-electron chi connectivity index (χ4n) is 3.10. The van der Waals surface area contributed by atoms with Crippen molar-refractivity contribution in [1.29, 1.82) is 0 Å². The molecule has 0 aromatic heterocycles. The van der Waals surface area contributed by atoms with Gasteiger partial charge in [-0.1, -0.05) is 29.3 Å². The number of halogens is 3. The third-order valence-corrected chi connectivity index (χ3v) is 5.59. The standard InChI is InChI=1S/C21H21Cl2FN2O3/c1-12-3-4-14(7-13(12)2)21(28)25-10-20(27)26-5-6-29-19(11-26)15-8-18(24)17(23)9-16(15)22/h3-4,7-9,19H,5-6,10-11H2,1-2H3,(H,25,28)/t19-/m1/s1. The number of amides is 2. The van der Waals surface area contributed by atoms with Crippen LogP contribution >= 0.6 is 23.2 Å². The number of nitrogens with zero attached hydrogens (tertiary/aromatic N) is 1. The van der Waals surface area contributed by atoms with Gasteiger partial charge in [0.2, 0.25) is 5.91 Å². The van der Waals surface area contributed by atoms with Crippen molar-refractivity contribution in [3.8, 4) is 0 Å². The van der Waals surface area contributed by atoms with Gasteiger partial charge in [0.25, 0.3) is 5.91 Å². The summed E-state index contributed by atoms with van der Waals surface area (Å²) >= 11 is 11.9. The van der Waals surface area contributed by atoms with Crippen LogP contribution in [0.4, 0.5) is 4.39 Å². The Hall–Kier alpha value is -2.15. The number of benzene rings is 2. The molecule has 2 amide bonds. The van der Waals surface area contributed by atoms with Crippen LogP contribution in [-0.4, -0.2) is 43.0 Å². The number of morpholine rings is 1. The summed E-state index contributed by atoms with van der Waals surface area (Å²) in [6.07, 6.45) is -0.567. The Bertz CT molecular complexity index is 952. The van der Waals surface area contributed by atoms with E-state index in [1.165, 1.54) is 12.1 Å². The van der Waals surface area contributed by atoms with E-state index in [0.717, 1.165) is 11.1 Å². The summed E-state index contributed by atoms with van der Waals surface area (Å²) in [4.78, 5) is 26.4. The molecule has 0 unspecified atom stereocenters. The second-order valence-corrected chi connectivity index (χ2v) is 7.78. The highest BCUT2D eigenvalue weighted by molar-refractivity contribution is 6.35. The first-order valence-electron chi connectivity index (χ1n) is 9.15. The summed E-state index contributed by atoms with van der Waals surface area (Å²) in [5, 5.41) is 2.85. The van der Waals surface area contributed by atoms with E-state index in [0.29, 0.717) is 17.7 Å². The van der Waals surface area contributed by atoms with Crippen molar-refractivity contribution in [3.63, 3.8) is 0 Å². The Morgan fingerprint density at radius 2 is 1.93 bits per heavy atom. The molecule has 1 fully saturated rings. The first-order chi connectivity index (χ1) is 13.8. The van der Waals surface area contributed by atoms with Gasteiger partial charge in [-0.05, 0) is 49.2 Å². The van der Waals surface area contributed by atoms with Gasteiger partial charge < -0.3 is 15.0 Å². The van der Waals surface area contributed by atoms with E-state index in [1.807, 2.05) is 19.9 Å². The van der Waals surface area contributed by atoms with E-state index in [2.05, 4.69) is 5.32 Å². The zero-order chi connectivity index (χ0) is 21.1. The molecule has 1 heterocycles. The smallest absolute Gasteiger partial charge is 0.251 e. The number of hydrogen-bond acceptors (Lipinski definition) is 3. The predicted octanol–water partition coefficient (Wildman–Crippen LogP) is 4.08. The lowest BCUT2D eigenvalue weighted by atomic mass is 10.1. The summed E-state index contributed by atoms with van der Waals surface area (Å²) in [6, 6.07) is 7.93. The molecule has 154 valence electrons. The van der Waals surface area contributed by atoms with Crippen molar-refractivity contribution >= 4 is 35.0 Å². The van der Waals surface area contributed by atoms with E-state index in [1.54, 1.807) is 17.0 Å². The molecule has 2 aromatic carbocycles. The Labute approximate surface area is 178 Å². The number of carbonyl (C=O) groups is 2. The molecule has 1 N–H and O–H groups in total. The van der Waals surface area contributed by atoms with Gasteiger partial charge in [0.15, 0.2) is 0 Å². The van der Waals surface area contributed by atoms with E-state index in [4.69, 9.17) is 27.9 Å². The quantitative estimate of drug-likeness (QED) is 0.731. The van der Waals surface area contributed by atoms with Gasteiger partial charge in [-0.25, -0.2) is 4.39 Å². The molecular formula is C21H21Cl2FN2O3. The lowest BCUT2D eigenvalue weighted by Crippen LogP contribution is -2.46. The summed E-state index contributed by atoms with van der Waals surface area (Å²) in [6.45, 7) is 4.62. The van der Waals surface area contributed by atoms with Crippen LogP contribution in [0.3, 0.4) is 0 Å². The van der Waals surface area contributed by atoms with Crippen LogP contribution in [0.15, 0.2) is 30.3 Å². The zero-order valence-electron chi connectivity index (χ0n) is 16.1. The number of hydrogen-bond donors (Lipinski definition) is 1. The molecule has 0 radical (unpaired) electrons. The second-order valence-electron chi connectivity index (χ2n) is 6.97. The number of aryl methyl sites for hydroxylation is 2. The molecule has 1 aliphatic rings. The molecule has 0 aliphatic carbocycles. The Morgan fingerprint density at radius 3 is 2.66 bits per heavy atom. The fourth-order valence-corrected chi connectivity index (χ4v) is 3.61. The summed E-state index contributed by atoms with van der Waals surface area (Å²) in [5.41, 5.74) is 3.04. The molecule has 1 aliphatic heterocycles. The number of rotatable bonds is 4. The van der Waals surface area contributed by atoms with E-state index in [9.17, 15) is 14.0 Å². The minimum absolute atomic E-state index is 0.0726. The molecule has 0 bridgehead atoms. The average Bonchev–Trinajstić information content (AvgIpc) is 2.70. The van der Waals surface area contributed by atoms with Crippen molar-refractivity contribution in [2.24, 2.45) is 0 Å². The number of nitrogens with one attached hydrogen (secondary N) is 1. The Balaban J connectivity index is 1.62. The van der Waals surface area contributed by atoms with Crippen LogP contribution in [0.25, 0.3) is 0 Å². The Morgan fingerprint density at radius 1 is 1.17 bits per heavy atom. The monoisotopic (exact) mass is 438 g/mol. The summed E-state index contributed by atoms with van der Waals surface area (Å²) in [5.74, 6) is -1.16. The van der Waals surface area contributed by atoms with Gasteiger partial charge in [0, 0.05) is 22.7 Å². The maximum Gasteiger partial charge on any atom is 0.251 e. The van der Waals surface area contributed by atoms with Gasteiger partial charge >= 0.3 is 0 Å². The van der Waals surface area contributed by atoms with Gasteiger partial charge in [-0.3, -0.25) is 9.59 Å². The number of carbonyl (C=O) groups excluding carboxylic acids is 2. The summed E-state index contributed by atoms with van der Waals surface area (Å²) < 4.78 is 19.5. The van der Waals surface area contributed by atoms with Crippen molar-refractivity contribution in [2.45, 2.75) is 20.0 Å². The molecule has 0 saturated carbocycles. The molecule has 29 heavy (non-hydrogen) atoms. The molecule has 5 nitrogen and oxygen atoms in total. The van der Waals surface area contributed by atoms with Crippen molar-refractivity contribution in [3.05, 3.63) is 68.4 Å². The minimum Gasteiger partial charge on any atom is -0.370 e. The largest absolute Gasteiger partial charge is 0.370 e. The van der Waals surface area contributed by atoms with Gasteiger partial charge in [-0.15, -0.1) is 0 Å². The lowest BCUT2D eigenvalue weighted by molar-refractivity contribution is -0.137. The molecule has 3 rings (SSSR count). The van der Waals surface area contributed by atoms with Crippen molar-refractivity contribution < 1.29 is 18.7 Å². The number of ether oxygens (including phenoxy) is 1. The zero-order valence-corrected chi connectivity index (χ0v) is 17.6. The van der Waals surface area contributed by atoms with Gasteiger partial charge in [-0.2, -0.15) is 0 Å². The molecular weight excluding hydrogens is 418 g/mol. The maximum atomic E-state index is 13.8. The van der Waals surface area contributed by atoms with Gasteiger partial charge in [0.1, 0.15) is 11.9 Å². The highest BCUT2D eigenvalue weighted by atomic mass is 35.5. The van der Waals surface area contributed by atoms with Crippen LogP contribution in [0.2, 0.25) is 10.0 Å². The lowest BCUT2D eigenvalue weighted by Gasteiger charge is -2.33. The SMILES string of the molecule is Cc1ccc(C(=O)NCC(=O)N2CCO[C@@H](c3cc(F)c(Cl)cc3Cl)C2)cc1C. The maximum absolute atomic E-state index is 13.8. The van der Waals surface area contributed by atoms with Crippen LogP contribution in [-0.2, 0) is 9.53 Å². The average molecular weight is 439 g/mol. The predicted molar refractivity (Wildman–Crippen MR) is 110 cm³/mol. The highest BCUT2D eigenvalue weighted by Crippen LogP contribution is 2.32. The molecule has 0 spiro atoms. The first kappa shape index (κ1) is 21.6. The first-order valence-corrected chi connectivity index (χ1v) is 9.91. The Kier molecular flexibility index (Phi) is 6.77. The minimum atomic E-state index is -0.598. The normalized spacial score (nSPS) is 16.6. The third-order valence-electron chi connectivity index (χ3n) is 4.97. The summed E-state index contributed by atoms with van der Waals surface area (Å²) in [7, 11) is 0. The van der Waals surface area contributed by atoms with E-state index in [-0.39, 0.29) is 41.6 Å². The van der Waals surface area contributed by atoms with Crippen LogP contribution in [0.1, 0.15) is 33.2 Å². The molecule has 1 atom stereocenters. The molecule has 1 saturated heterocycles. The van der Waals surface area contributed by atoms with E-state index >= 15 is 0 Å². The topological polar surface area (TPSA) is 58.6 Å². The molecule has 8 heteroatoms.